The second kappa shape index (κ2) is 11.0. The molecule has 3 aromatic rings. The number of amides is 1. The number of methoxy groups -OCH3 is 1. The molecule has 0 aliphatic carbocycles. The number of rotatable bonds is 7. The van der Waals surface area contributed by atoms with Gasteiger partial charge < -0.3 is 9.47 Å². The van der Waals surface area contributed by atoms with Gasteiger partial charge in [-0.3, -0.25) is 9.69 Å². The molecular weight excluding hydrogens is 487 g/mol. The van der Waals surface area contributed by atoms with Crippen molar-refractivity contribution in [3.63, 3.8) is 0 Å². The van der Waals surface area contributed by atoms with Gasteiger partial charge in [0, 0.05) is 6.54 Å². The number of hydrogen-bond acceptors (Lipinski definition) is 5. The Hall–Kier alpha value is -3.29. The number of benzene rings is 3. The molecule has 5 nitrogen and oxygen atoms in total. The fraction of sp³-hybridized carbons (Fsp3) is 0.185. The summed E-state index contributed by atoms with van der Waals surface area (Å²) >= 11 is 7.80. The zero-order chi connectivity index (χ0) is 24.9. The van der Waals surface area contributed by atoms with Crippen molar-refractivity contribution in [3.8, 4) is 11.5 Å². The molecule has 0 unspecified atom stereocenters. The number of amidine groups is 1. The van der Waals surface area contributed by atoms with Crippen molar-refractivity contribution in [2.24, 2.45) is 4.99 Å². The highest BCUT2D eigenvalue weighted by Crippen LogP contribution is 2.39. The first-order chi connectivity index (χ1) is 16.9. The van der Waals surface area contributed by atoms with E-state index >= 15 is 0 Å². The normalized spacial score (nSPS) is 15.8. The summed E-state index contributed by atoms with van der Waals surface area (Å²) in [6, 6.07) is 17.4. The highest BCUT2D eigenvalue weighted by Gasteiger charge is 2.32. The van der Waals surface area contributed by atoms with Gasteiger partial charge in [-0.15, -0.1) is 0 Å². The van der Waals surface area contributed by atoms with E-state index in [2.05, 4.69) is 4.99 Å². The van der Waals surface area contributed by atoms with Gasteiger partial charge in [0.1, 0.15) is 12.4 Å². The van der Waals surface area contributed by atoms with Crippen LogP contribution in [0.2, 0.25) is 5.02 Å². The third-order valence-corrected chi connectivity index (χ3v) is 6.60. The molecule has 4 rings (SSSR count). The molecular formula is C27H24ClFN2O3S. The number of carbonyl (C=O) groups excluding carboxylic acids is 1. The zero-order valence-electron chi connectivity index (χ0n) is 19.5. The summed E-state index contributed by atoms with van der Waals surface area (Å²) in [5.74, 6) is 0.415. The van der Waals surface area contributed by atoms with Crippen LogP contribution in [0.5, 0.6) is 11.5 Å². The van der Waals surface area contributed by atoms with Crippen molar-refractivity contribution < 1.29 is 18.7 Å². The average molecular weight is 511 g/mol. The summed E-state index contributed by atoms with van der Waals surface area (Å²) in [6.45, 7) is 4.71. The Morgan fingerprint density at radius 2 is 1.83 bits per heavy atom. The van der Waals surface area contributed by atoms with E-state index in [1.807, 2.05) is 38.1 Å². The van der Waals surface area contributed by atoms with Crippen LogP contribution in [-0.2, 0) is 11.4 Å². The third kappa shape index (κ3) is 5.86. The summed E-state index contributed by atoms with van der Waals surface area (Å²) in [5, 5.41) is 0.915. The Labute approximate surface area is 213 Å². The highest BCUT2D eigenvalue weighted by molar-refractivity contribution is 8.18. The second-order valence-electron chi connectivity index (χ2n) is 7.84. The quantitative estimate of drug-likeness (QED) is 0.321. The fourth-order valence-corrected chi connectivity index (χ4v) is 4.79. The lowest BCUT2D eigenvalue weighted by Crippen LogP contribution is -2.28. The van der Waals surface area contributed by atoms with Crippen molar-refractivity contribution >= 4 is 46.2 Å². The van der Waals surface area contributed by atoms with Gasteiger partial charge >= 0.3 is 0 Å². The Morgan fingerprint density at radius 1 is 1.11 bits per heavy atom. The van der Waals surface area contributed by atoms with Crippen LogP contribution in [0.25, 0.3) is 6.08 Å². The van der Waals surface area contributed by atoms with Gasteiger partial charge in [0.2, 0.25) is 0 Å². The van der Waals surface area contributed by atoms with Crippen molar-refractivity contribution in [1.29, 1.82) is 0 Å². The van der Waals surface area contributed by atoms with Crippen LogP contribution in [0.4, 0.5) is 10.1 Å². The van der Waals surface area contributed by atoms with E-state index in [0.717, 1.165) is 5.56 Å². The lowest BCUT2D eigenvalue weighted by atomic mass is 10.1. The third-order valence-electron chi connectivity index (χ3n) is 5.31. The van der Waals surface area contributed by atoms with Crippen LogP contribution >= 0.6 is 23.4 Å². The van der Waals surface area contributed by atoms with Crippen molar-refractivity contribution in [2.45, 2.75) is 20.5 Å². The molecule has 1 heterocycles. The molecule has 1 saturated heterocycles. The van der Waals surface area contributed by atoms with Gasteiger partial charge in [0.05, 0.1) is 22.7 Å². The number of nitrogens with zero attached hydrogens (tertiary/aromatic N) is 2. The van der Waals surface area contributed by atoms with Gasteiger partial charge in [0.25, 0.3) is 5.91 Å². The SMILES string of the molecule is CCN1C(=O)/C(=C\c2cc(Cl)c(OCc3ccc(C)cc3)c(OC)c2)SC1=Nc1ccc(F)cc1. The minimum absolute atomic E-state index is 0.159. The first-order valence-electron chi connectivity index (χ1n) is 11.0. The lowest BCUT2D eigenvalue weighted by molar-refractivity contribution is -0.122. The van der Waals surface area contributed by atoms with Gasteiger partial charge in [-0.2, -0.15) is 0 Å². The number of thioether (sulfide) groups is 1. The van der Waals surface area contributed by atoms with E-state index in [1.165, 1.54) is 29.5 Å². The van der Waals surface area contributed by atoms with Crippen molar-refractivity contribution in [2.75, 3.05) is 13.7 Å². The molecule has 1 aliphatic rings. The van der Waals surface area contributed by atoms with Crippen LogP contribution in [0.15, 0.2) is 70.6 Å². The maximum atomic E-state index is 13.2. The van der Waals surface area contributed by atoms with Gasteiger partial charge in [-0.25, -0.2) is 9.38 Å². The summed E-state index contributed by atoms with van der Waals surface area (Å²) in [5.41, 5.74) is 3.46. The molecule has 0 spiro atoms. The topological polar surface area (TPSA) is 51.1 Å². The molecule has 3 aromatic carbocycles. The monoisotopic (exact) mass is 510 g/mol. The van der Waals surface area contributed by atoms with E-state index in [1.54, 1.807) is 42.4 Å². The number of ether oxygens (including phenoxy) is 2. The van der Waals surface area contributed by atoms with Gasteiger partial charge in [0.15, 0.2) is 16.7 Å². The molecule has 0 saturated carbocycles. The van der Waals surface area contributed by atoms with E-state index < -0.39 is 0 Å². The molecule has 8 heteroatoms. The molecule has 0 radical (unpaired) electrons. The summed E-state index contributed by atoms with van der Waals surface area (Å²) in [6.07, 6.45) is 1.75. The predicted molar refractivity (Wildman–Crippen MR) is 140 cm³/mol. The lowest BCUT2D eigenvalue weighted by Gasteiger charge is -2.14. The molecule has 0 atom stereocenters. The molecule has 1 fully saturated rings. The minimum atomic E-state index is -0.339. The number of likely N-dealkylation sites (N-methyl/N-ethyl adjacent to an activating group) is 1. The fourth-order valence-electron chi connectivity index (χ4n) is 3.45. The summed E-state index contributed by atoms with van der Waals surface area (Å²) < 4.78 is 24.7. The average Bonchev–Trinajstić information content (AvgIpc) is 3.14. The Balaban J connectivity index is 1.58. The Bertz CT molecular complexity index is 1290. The first-order valence-corrected chi connectivity index (χ1v) is 12.2. The molecule has 0 bridgehead atoms. The summed E-state index contributed by atoms with van der Waals surface area (Å²) in [7, 11) is 1.54. The van der Waals surface area contributed by atoms with E-state index in [9.17, 15) is 9.18 Å². The smallest absolute Gasteiger partial charge is 0.266 e. The highest BCUT2D eigenvalue weighted by atomic mass is 35.5. The maximum Gasteiger partial charge on any atom is 0.266 e. The van der Waals surface area contributed by atoms with Crippen molar-refractivity contribution in [1.82, 2.24) is 4.90 Å². The van der Waals surface area contributed by atoms with E-state index in [0.29, 0.717) is 51.0 Å². The largest absolute Gasteiger partial charge is 0.493 e. The second-order valence-corrected chi connectivity index (χ2v) is 9.26. The molecule has 180 valence electrons. The Morgan fingerprint density at radius 3 is 2.49 bits per heavy atom. The number of aliphatic imine (C=N–C) groups is 1. The first kappa shape index (κ1) is 24.8. The molecule has 1 aliphatic heterocycles. The van der Waals surface area contributed by atoms with Crippen LogP contribution in [-0.4, -0.2) is 29.6 Å². The van der Waals surface area contributed by atoms with Gasteiger partial charge in [-0.1, -0.05) is 41.4 Å². The predicted octanol–water partition coefficient (Wildman–Crippen LogP) is 7.00. The molecule has 0 N–H and O–H groups in total. The zero-order valence-corrected chi connectivity index (χ0v) is 21.1. The van der Waals surface area contributed by atoms with E-state index in [-0.39, 0.29) is 11.7 Å². The molecule has 1 amide bonds. The number of aryl methyl sites for hydroxylation is 1. The number of carbonyl (C=O) groups is 1. The van der Waals surface area contributed by atoms with Crippen molar-refractivity contribution in [3.05, 3.63) is 93.1 Å². The van der Waals surface area contributed by atoms with Gasteiger partial charge in [-0.05, 0) is 79.2 Å². The van der Waals surface area contributed by atoms with Crippen LogP contribution in [0, 0.1) is 12.7 Å². The minimum Gasteiger partial charge on any atom is -0.493 e. The molecule has 0 aromatic heterocycles. The van der Waals surface area contributed by atoms with Crippen LogP contribution < -0.4 is 9.47 Å². The van der Waals surface area contributed by atoms with Crippen LogP contribution in [0.1, 0.15) is 23.6 Å². The molecule has 35 heavy (non-hydrogen) atoms. The number of hydrogen-bond donors (Lipinski definition) is 0. The maximum absolute atomic E-state index is 13.2. The number of halogens is 2. The standard InChI is InChI=1S/C27H24ClFN2O3S/c1-4-31-26(32)24(35-27(31)30-21-11-9-20(29)10-12-21)15-19-13-22(28)25(23(14-19)33-3)34-16-18-7-5-17(2)6-8-18/h5-15H,4,16H2,1-3H3/b24-15+,30-27?. The Kier molecular flexibility index (Phi) is 7.78. The van der Waals surface area contributed by atoms with Crippen LogP contribution in [0.3, 0.4) is 0 Å². The van der Waals surface area contributed by atoms with E-state index in [4.69, 9.17) is 21.1 Å². The summed E-state index contributed by atoms with van der Waals surface area (Å²) in [4.78, 5) is 19.6.